The fourth-order valence-corrected chi connectivity index (χ4v) is 3.29. The van der Waals surface area contributed by atoms with Crippen LogP contribution >= 0.6 is 11.3 Å². The molecule has 114 valence electrons. The fourth-order valence-electron chi connectivity index (χ4n) is 2.57. The van der Waals surface area contributed by atoms with Gasteiger partial charge < -0.3 is 0 Å². The normalized spacial score (nSPS) is 11.5. The molecule has 0 aliphatic carbocycles. The van der Waals surface area contributed by atoms with E-state index in [1.165, 1.54) is 0 Å². The Kier molecular flexibility index (Phi) is 3.66. The molecular formula is C19H12N4S. The zero-order valence-electron chi connectivity index (χ0n) is 12.6. The van der Waals surface area contributed by atoms with Crippen molar-refractivity contribution < 1.29 is 0 Å². The summed E-state index contributed by atoms with van der Waals surface area (Å²) < 4.78 is 2.01. The highest BCUT2D eigenvalue weighted by Gasteiger charge is 2.14. The Hall–Kier alpha value is -3.23. The highest BCUT2D eigenvalue weighted by Crippen LogP contribution is 2.29. The SMILES string of the molecule is N#C/C(=C/c1c(-c2ccccc2)nc2sccn12)c1ccccn1. The van der Waals surface area contributed by atoms with Crippen molar-refractivity contribution >= 4 is 27.9 Å². The van der Waals surface area contributed by atoms with Crippen LogP contribution in [0.1, 0.15) is 11.4 Å². The third-order valence-corrected chi connectivity index (χ3v) is 4.45. The highest BCUT2D eigenvalue weighted by molar-refractivity contribution is 7.15. The van der Waals surface area contributed by atoms with Gasteiger partial charge >= 0.3 is 0 Å². The average molecular weight is 328 g/mol. The molecule has 1 aromatic carbocycles. The van der Waals surface area contributed by atoms with Crippen LogP contribution in [0.5, 0.6) is 0 Å². The molecule has 0 radical (unpaired) electrons. The predicted octanol–water partition coefficient (Wildman–Crippen LogP) is 4.52. The minimum absolute atomic E-state index is 0.515. The molecule has 3 aromatic heterocycles. The van der Waals surface area contributed by atoms with Crippen LogP contribution in [0.25, 0.3) is 27.9 Å². The van der Waals surface area contributed by atoms with Crippen molar-refractivity contribution in [1.29, 1.82) is 5.26 Å². The van der Waals surface area contributed by atoms with Crippen LogP contribution in [0.15, 0.2) is 66.3 Å². The summed E-state index contributed by atoms with van der Waals surface area (Å²) in [7, 11) is 0. The largest absolute Gasteiger partial charge is 0.290 e. The van der Waals surface area contributed by atoms with E-state index in [1.54, 1.807) is 17.5 Å². The van der Waals surface area contributed by atoms with Gasteiger partial charge in [0, 0.05) is 23.3 Å². The zero-order chi connectivity index (χ0) is 16.4. The molecule has 0 fully saturated rings. The Bertz CT molecular complexity index is 1050. The fraction of sp³-hybridized carbons (Fsp3) is 0. The van der Waals surface area contributed by atoms with Crippen LogP contribution in [0.2, 0.25) is 0 Å². The first-order valence-corrected chi connectivity index (χ1v) is 8.29. The van der Waals surface area contributed by atoms with Crippen molar-refractivity contribution in [2.24, 2.45) is 0 Å². The maximum atomic E-state index is 9.58. The third kappa shape index (κ3) is 2.49. The number of pyridine rings is 1. The van der Waals surface area contributed by atoms with Gasteiger partial charge in [-0.1, -0.05) is 36.4 Å². The van der Waals surface area contributed by atoms with Crippen molar-refractivity contribution in [3.63, 3.8) is 0 Å². The molecule has 5 heteroatoms. The van der Waals surface area contributed by atoms with Crippen LogP contribution in [0, 0.1) is 11.3 Å². The number of allylic oxidation sites excluding steroid dienone is 1. The molecule has 4 rings (SSSR count). The molecule has 0 aliphatic rings. The molecule has 0 spiro atoms. The molecule has 0 saturated carbocycles. The van der Waals surface area contributed by atoms with E-state index in [4.69, 9.17) is 4.98 Å². The first-order valence-electron chi connectivity index (χ1n) is 7.41. The first-order chi connectivity index (χ1) is 11.9. The van der Waals surface area contributed by atoms with Crippen molar-refractivity contribution in [3.05, 3.63) is 77.7 Å². The summed E-state index contributed by atoms with van der Waals surface area (Å²) in [6.07, 6.45) is 5.52. The second kappa shape index (κ2) is 6.11. The minimum Gasteiger partial charge on any atom is -0.290 e. The van der Waals surface area contributed by atoms with E-state index >= 15 is 0 Å². The number of imidazole rings is 1. The molecule has 0 amide bonds. The summed E-state index contributed by atoms with van der Waals surface area (Å²) >= 11 is 1.57. The molecule has 3 heterocycles. The number of hydrogen-bond donors (Lipinski definition) is 0. The van der Waals surface area contributed by atoms with Crippen LogP contribution < -0.4 is 0 Å². The number of nitrogens with zero attached hydrogens (tertiary/aromatic N) is 4. The number of nitriles is 1. The van der Waals surface area contributed by atoms with Gasteiger partial charge in [-0.2, -0.15) is 5.26 Å². The zero-order valence-corrected chi connectivity index (χ0v) is 13.4. The summed E-state index contributed by atoms with van der Waals surface area (Å²) in [4.78, 5) is 9.92. The predicted molar refractivity (Wildman–Crippen MR) is 96.2 cm³/mol. The van der Waals surface area contributed by atoms with E-state index < -0.39 is 0 Å². The summed E-state index contributed by atoms with van der Waals surface area (Å²) in [6.45, 7) is 0. The second-order valence-electron chi connectivity index (χ2n) is 5.15. The number of thiazole rings is 1. The number of benzene rings is 1. The number of aromatic nitrogens is 3. The number of fused-ring (bicyclic) bond motifs is 1. The molecule has 0 saturated heterocycles. The Morgan fingerprint density at radius 1 is 1.12 bits per heavy atom. The maximum Gasteiger partial charge on any atom is 0.194 e. The maximum absolute atomic E-state index is 9.58. The highest BCUT2D eigenvalue weighted by atomic mass is 32.1. The lowest BCUT2D eigenvalue weighted by Crippen LogP contribution is -1.90. The van der Waals surface area contributed by atoms with E-state index in [0.29, 0.717) is 11.3 Å². The van der Waals surface area contributed by atoms with E-state index in [0.717, 1.165) is 21.9 Å². The first kappa shape index (κ1) is 14.4. The lowest BCUT2D eigenvalue weighted by Gasteiger charge is -2.02. The van der Waals surface area contributed by atoms with Gasteiger partial charge in [-0.15, -0.1) is 11.3 Å². The second-order valence-corrected chi connectivity index (χ2v) is 6.03. The van der Waals surface area contributed by atoms with Gasteiger partial charge in [-0.3, -0.25) is 9.38 Å². The van der Waals surface area contributed by atoms with Crippen LogP contribution in [0.4, 0.5) is 0 Å². The van der Waals surface area contributed by atoms with Crippen LogP contribution in [-0.4, -0.2) is 14.4 Å². The Morgan fingerprint density at radius 2 is 1.96 bits per heavy atom. The minimum atomic E-state index is 0.515. The van der Waals surface area contributed by atoms with E-state index in [1.807, 2.05) is 70.6 Å². The van der Waals surface area contributed by atoms with Gasteiger partial charge in [0.15, 0.2) is 4.96 Å². The van der Waals surface area contributed by atoms with E-state index in [2.05, 4.69) is 11.1 Å². The summed E-state index contributed by atoms with van der Waals surface area (Å²) in [5.74, 6) is 0. The number of rotatable bonds is 3. The molecule has 4 aromatic rings. The van der Waals surface area contributed by atoms with Gasteiger partial charge in [0.05, 0.1) is 22.7 Å². The lowest BCUT2D eigenvalue weighted by molar-refractivity contribution is 1.21. The summed E-state index contributed by atoms with van der Waals surface area (Å²) in [5, 5.41) is 11.6. The smallest absolute Gasteiger partial charge is 0.194 e. The van der Waals surface area contributed by atoms with Gasteiger partial charge in [-0.25, -0.2) is 4.98 Å². The Labute approximate surface area is 143 Å². The standard InChI is InChI=1S/C19H12N4S/c20-13-15(16-8-4-5-9-21-16)12-17-18(14-6-2-1-3-7-14)22-19-23(17)10-11-24-19/h1-12H/b15-12-. The Balaban J connectivity index is 1.94. The molecule has 0 N–H and O–H groups in total. The molecule has 0 bridgehead atoms. The van der Waals surface area contributed by atoms with E-state index in [-0.39, 0.29) is 0 Å². The van der Waals surface area contributed by atoms with Crippen molar-refractivity contribution in [2.75, 3.05) is 0 Å². The van der Waals surface area contributed by atoms with Gasteiger partial charge in [0.1, 0.15) is 6.07 Å². The molecular weight excluding hydrogens is 316 g/mol. The lowest BCUT2D eigenvalue weighted by atomic mass is 10.1. The third-order valence-electron chi connectivity index (χ3n) is 3.69. The molecule has 24 heavy (non-hydrogen) atoms. The van der Waals surface area contributed by atoms with Gasteiger partial charge in [0.25, 0.3) is 0 Å². The molecule has 0 atom stereocenters. The van der Waals surface area contributed by atoms with Crippen molar-refractivity contribution in [3.8, 4) is 17.3 Å². The monoisotopic (exact) mass is 328 g/mol. The summed E-state index contributed by atoms with van der Waals surface area (Å²) in [5.41, 5.74) is 3.95. The van der Waals surface area contributed by atoms with Crippen LogP contribution in [0.3, 0.4) is 0 Å². The molecule has 0 unspecified atom stereocenters. The quantitative estimate of drug-likeness (QED) is 0.519. The van der Waals surface area contributed by atoms with Crippen molar-refractivity contribution in [2.45, 2.75) is 0 Å². The van der Waals surface area contributed by atoms with Crippen LogP contribution in [-0.2, 0) is 0 Å². The van der Waals surface area contributed by atoms with Gasteiger partial charge in [-0.05, 0) is 18.2 Å². The van der Waals surface area contributed by atoms with E-state index in [9.17, 15) is 5.26 Å². The topological polar surface area (TPSA) is 54.0 Å². The summed E-state index contributed by atoms with van der Waals surface area (Å²) in [6, 6.07) is 17.8. The van der Waals surface area contributed by atoms with Gasteiger partial charge in [0.2, 0.25) is 0 Å². The number of hydrogen-bond acceptors (Lipinski definition) is 4. The van der Waals surface area contributed by atoms with Crippen molar-refractivity contribution in [1.82, 2.24) is 14.4 Å². The molecule has 4 nitrogen and oxygen atoms in total. The molecule has 0 aliphatic heterocycles. The Morgan fingerprint density at radius 3 is 2.71 bits per heavy atom. The average Bonchev–Trinajstić information content (AvgIpc) is 3.23.